The second-order valence-electron chi connectivity index (χ2n) is 8.06. The maximum Gasteiger partial charge on any atom is 0.255 e. The van der Waals surface area contributed by atoms with E-state index >= 15 is 0 Å². The fourth-order valence-corrected chi connectivity index (χ4v) is 4.44. The number of hydrogen-bond acceptors (Lipinski definition) is 4. The lowest BCUT2D eigenvalue weighted by atomic mass is 9.92. The molecule has 4 rings (SSSR count). The molecule has 0 spiro atoms. The Kier molecular flexibility index (Phi) is 5.80. The predicted molar refractivity (Wildman–Crippen MR) is 112 cm³/mol. The molecule has 0 bridgehead atoms. The van der Waals surface area contributed by atoms with Crippen LogP contribution in [0.2, 0.25) is 0 Å². The lowest BCUT2D eigenvalue weighted by Crippen LogP contribution is -2.44. The number of terminal acetylenes is 1. The molecule has 2 aliphatic rings. The highest BCUT2D eigenvalue weighted by atomic mass is 16.2. The number of carbonyl (C=O) groups excluding carboxylic acids is 3. The van der Waals surface area contributed by atoms with Crippen LogP contribution < -0.4 is 0 Å². The van der Waals surface area contributed by atoms with Crippen molar-refractivity contribution in [1.82, 2.24) is 14.5 Å². The van der Waals surface area contributed by atoms with E-state index in [1.165, 1.54) is 5.56 Å². The number of amides is 1. The Morgan fingerprint density at radius 2 is 2.03 bits per heavy atom. The fourth-order valence-electron chi connectivity index (χ4n) is 4.44. The van der Waals surface area contributed by atoms with Gasteiger partial charge in [0.2, 0.25) is 0 Å². The lowest BCUT2D eigenvalue weighted by Gasteiger charge is -2.29. The molecule has 154 valence electrons. The van der Waals surface area contributed by atoms with Crippen molar-refractivity contribution in [3.05, 3.63) is 53.1 Å². The SMILES string of the molecule is C#Cc1cn(CCCCCc2cccc3c2CN(C2CCC(=O)CC2=O)C3=O)cn1. The van der Waals surface area contributed by atoms with Crippen LogP contribution in [0.1, 0.15) is 65.7 Å². The second-order valence-corrected chi connectivity index (χ2v) is 8.06. The molecule has 2 aromatic rings. The van der Waals surface area contributed by atoms with Crippen molar-refractivity contribution in [2.24, 2.45) is 0 Å². The van der Waals surface area contributed by atoms with Crippen LogP contribution in [-0.4, -0.2) is 38.0 Å². The minimum absolute atomic E-state index is 0.0210. The minimum atomic E-state index is -0.460. The first-order valence-electron chi connectivity index (χ1n) is 10.5. The molecule has 1 aromatic carbocycles. The predicted octanol–water partition coefficient (Wildman–Crippen LogP) is 2.92. The van der Waals surface area contributed by atoms with Crippen molar-refractivity contribution in [3.8, 4) is 12.3 Å². The van der Waals surface area contributed by atoms with E-state index in [1.807, 2.05) is 22.9 Å². The van der Waals surface area contributed by atoms with Crippen molar-refractivity contribution in [3.63, 3.8) is 0 Å². The van der Waals surface area contributed by atoms with Crippen molar-refractivity contribution in [1.29, 1.82) is 0 Å². The molecular weight excluding hydrogens is 378 g/mol. The number of hydrogen-bond donors (Lipinski definition) is 0. The minimum Gasteiger partial charge on any atom is -0.336 e. The maximum atomic E-state index is 12.9. The summed E-state index contributed by atoms with van der Waals surface area (Å²) in [5, 5.41) is 0. The van der Waals surface area contributed by atoms with E-state index in [9.17, 15) is 14.4 Å². The van der Waals surface area contributed by atoms with Crippen molar-refractivity contribution >= 4 is 17.5 Å². The summed E-state index contributed by atoms with van der Waals surface area (Å²) in [6, 6.07) is 5.39. The smallest absolute Gasteiger partial charge is 0.255 e. The van der Waals surface area contributed by atoms with Gasteiger partial charge in [-0.15, -0.1) is 6.42 Å². The first kappa shape index (κ1) is 20.1. The van der Waals surface area contributed by atoms with E-state index in [-0.39, 0.29) is 23.9 Å². The number of aryl methyl sites for hydroxylation is 2. The molecule has 30 heavy (non-hydrogen) atoms. The first-order valence-corrected chi connectivity index (χ1v) is 10.5. The van der Waals surface area contributed by atoms with Gasteiger partial charge in [-0.25, -0.2) is 4.98 Å². The largest absolute Gasteiger partial charge is 0.336 e. The van der Waals surface area contributed by atoms with Gasteiger partial charge >= 0.3 is 0 Å². The van der Waals surface area contributed by atoms with Gasteiger partial charge in [0, 0.05) is 31.3 Å². The number of Topliss-reactive ketones (excluding diaryl/α,β-unsaturated/α-hetero) is 2. The summed E-state index contributed by atoms with van der Waals surface area (Å²) in [6.07, 6.45) is 13.8. The monoisotopic (exact) mass is 403 g/mol. The Labute approximate surface area is 176 Å². The van der Waals surface area contributed by atoms with Gasteiger partial charge < -0.3 is 9.47 Å². The van der Waals surface area contributed by atoms with Crippen LogP contribution in [0, 0.1) is 12.3 Å². The van der Waals surface area contributed by atoms with Crippen LogP contribution in [-0.2, 0) is 29.1 Å². The Balaban J connectivity index is 1.34. The van der Waals surface area contributed by atoms with E-state index in [4.69, 9.17) is 6.42 Å². The Bertz CT molecular complexity index is 1030. The van der Waals surface area contributed by atoms with Gasteiger partial charge in [-0.05, 0) is 48.8 Å². The third kappa shape index (κ3) is 4.06. The molecule has 0 radical (unpaired) electrons. The summed E-state index contributed by atoms with van der Waals surface area (Å²) in [5.74, 6) is 2.30. The summed E-state index contributed by atoms with van der Waals surface area (Å²) in [4.78, 5) is 42.6. The van der Waals surface area contributed by atoms with Crippen LogP contribution in [0.3, 0.4) is 0 Å². The van der Waals surface area contributed by atoms with Crippen molar-refractivity contribution in [2.45, 2.75) is 64.1 Å². The summed E-state index contributed by atoms with van der Waals surface area (Å²) in [6.45, 7) is 1.36. The highest BCUT2D eigenvalue weighted by molar-refractivity contribution is 6.07. The molecule has 1 unspecified atom stereocenters. The average molecular weight is 403 g/mol. The number of imidazole rings is 1. The Morgan fingerprint density at radius 1 is 1.17 bits per heavy atom. The molecule has 0 saturated heterocycles. The number of fused-ring (bicyclic) bond motifs is 1. The molecule has 1 aliphatic heterocycles. The molecule has 1 fully saturated rings. The number of aromatic nitrogens is 2. The third-order valence-electron chi connectivity index (χ3n) is 6.05. The fraction of sp³-hybridized carbons (Fsp3) is 0.417. The number of unbranched alkanes of at least 4 members (excludes halogenated alkanes) is 2. The summed E-state index contributed by atoms with van der Waals surface area (Å²) >= 11 is 0. The third-order valence-corrected chi connectivity index (χ3v) is 6.05. The first-order chi connectivity index (χ1) is 14.6. The number of benzene rings is 1. The van der Waals surface area contributed by atoms with E-state index < -0.39 is 6.04 Å². The lowest BCUT2D eigenvalue weighted by molar-refractivity contribution is -0.133. The average Bonchev–Trinajstić information content (AvgIpc) is 3.33. The normalized spacial score (nSPS) is 18.6. The Hall–Kier alpha value is -3.20. The zero-order chi connectivity index (χ0) is 21.1. The molecule has 1 saturated carbocycles. The van der Waals surface area contributed by atoms with E-state index in [1.54, 1.807) is 11.2 Å². The topological polar surface area (TPSA) is 72.3 Å². The van der Waals surface area contributed by atoms with Gasteiger partial charge in [-0.3, -0.25) is 14.4 Å². The molecule has 6 heteroatoms. The number of nitrogens with zero attached hydrogens (tertiary/aromatic N) is 3. The summed E-state index contributed by atoms with van der Waals surface area (Å²) in [5.41, 5.74) is 3.59. The van der Waals surface area contributed by atoms with Gasteiger partial charge in [0.05, 0.1) is 18.8 Å². The molecule has 1 amide bonds. The van der Waals surface area contributed by atoms with Crippen molar-refractivity contribution in [2.75, 3.05) is 0 Å². The van der Waals surface area contributed by atoms with E-state index in [0.29, 0.717) is 30.6 Å². The van der Waals surface area contributed by atoms with Crippen LogP contribution in [0.15, 0.2) is 30.7 Å². The molecule has 2 heterocycles. The van der Waals surface area contributed by atoms with Crippen molar-refractivity contribution < 1.29 is 14.4 Å². The molecular formula is C24H25N3O3. The number of rotatable bonds is 7. The highest BCUT2D eigenvalue weighted by Gasteiger charge is 2.39. The molecule has 0 N–H and O–H groups in total. The number of ketones is 2. The van der Waals surface area contributed by atoms with Gasteiger partial charge in [-0.1, -0.05) is 18.6 Å². The molecule has 1 atom stereocenters. The summed E-state index contributed by atoms with van der Waals surface area (Å²) < 4.78 is 2.01. The molecule has 6 nitrogen and oxygen atoms in total. The molecule has 1 aromatic heterocycles. The van der Waals surface area contributed by atoms with Crippen LogP contribution in [0.4, 0.5) is 0 Å². The van der Waals surface area contributed by atoms with Crippen LogP contribution >= 0.6 is 0 Å². The highest BCUT2D eigenvalue weighted by Crippen LogP contribution is 2.31. The quantitative estimate of drug-likeness (QED) is 0.405. The zero-order valence-electron chi connectivity index (χ0n) is 17.0. The van der Waals surface area contributed by atoms with Gasteiger partial charge in [0.1, 0.15) is 11.5 Å². The van der Waals surface area contributed by atoms with Gasteiger partial charge in [-0.2, -0.15) is 0 Å². The second kappa shape index (κ2) is 8.66. The van der Waals surface area contributed by atoms with Crippen LogP contribution in [0.5, 0.6) is 0 Å². The van der Waals surface area contributed by atoms with E-state index in [2.05, 4.69) is 17.0 Å². The van der Waals surface area contributed by atoms with Gasteiger partial charge in [0.25, 0.3) is 5.91 Å². The van der Waals surface area contributed by atoms with Crippen LogP contribution in [0.25, 0.3) is 0 Å². The number of carbonyl (C=O) groups is 3. The standard InChI is InChI=1S/C24H25N3O3/c1-2-18-14-26(16-25-18)12-5-3-4-7-17-8-6-9-20-21(17)15-27(24(20)30)22-11-10-19(28)13-23(22)29/h1,6,8-9,14,16,22H,3-5,7,10-13,15H2. The zero-order valence-corrected chi connectivity index (χ0v) is 17.0. The van der Waals surface area contributed by atoms with E-state index in [0.717, 1.165) is 37.8 Å². The maximum absolute atomic E-state index is 12.9. The summed E-state index contributed by atoms with van der Waals surface area (Å²) in [7, 11) is 0. The Morgan fingerprint density at radius 3 is 2.80 bits per heavy atom. The van der Waals surface area contributed by atoms with Gasteiger partial charge in [0.15, 0.2) is 5.78 Å². The molecule has 1 aliphatic carbocycles.